The van der Waals surface area contributed by atoms with Crippen molar-refractivity contribution in [2.75, 3.05) is 0 Å². The van der Waals surface area contributed by atoms with E-state index in [1.54, 1.807) is 0 Å². The summed E-state index contributed by atoms with van der Waals surface area (Å²) < 4.78 is 2.25. The van der Waals surface area contributed by atoms with Crippen molar-refractivity contribution in [3.8, 4) is 0 Å². The first-order valence-corrected chi connectivity index (χ1v) is 10.0. The van der Waals surface area contributed by atoms with E-state index in [1.807, 2.05) is 48.5 Å². The maximum atomic E-state index is 12.4. The molecule has 0 saturated heterocycles. The molecule has 0 aliphatic rings. The third kappa shape index (κ3) is 5.38. The Morgan fingerprint density at radius 2 is 2.03 bits per heavy atom. The lowest BCUT2D eigenvalue weighted by Gasteiger charge is -2.04. The second-order valence-electron chi connectivity index (χ2n) is 6.97. The van der Waals surface area contributed by atoms with Crippen LogP contribution in [0, 0.1) is 10.1 Å². The average molecular weight is 470 g/mol. The topological polar surface area (TPSA) is 102 Å². The molecule has 0 fully saturated rings. The van der Waals surface area contributed by atoms with Crippen molar-refractivity contribution < 1.29 is 9.72 Å². The summed E-state index contributed by atoms with van der Waals surface area (Å²) >= 11 is 3.38. The number of benzene rings is 2. The zero-order valence-corrected chi connectivity index (χ0v) is 18.0. The SMILES string of the molecule is CC(C)c1ccc(/C=N\NC(=O)c2nn(Cc3cccc(Br)c3)cc2[N+](=O)[O-])cc1. The van der Waals surface area contributed by atoms with Crippen LogP contribution in [0.25, 0.3) is 0 Å². The van der Waals surface area contributed by atoms with Gasteiger partial charge < -0.3 is 0 Å². The third-order valence-electron chi connectivity index (χ3n) is 4.37. The quantitative estimate of drug-likeness (QED) is 0.312. The molecule has 0 radical (unpaired) electrons. The Labute approximate surface area is 181 Å². The van der Waals surface area contributed by atoms with Gasteiger partial charge in [-0.3, -0.25) is 19.6 Å². The van der Waals surface area contributed by atoms with E-state index in [0.29, 0.717) is 12.5 Å². The van der Waals surface area contributed by atoms with Crippen molar-refractivity contribution in [2.45, 2.75) is 26.3 Å². The van der Waals surface area contributed by atoms with Crippen LogP contribution in [0.2, 0.25) is 0 Å². The zero-order valence-electron chi connectivity index (χ0n) is 16.4. The first-order valence-electron chi connectivity index (χ1n) is 9.23. The fraction of sp³-hybridized carbons (Fsp3) is 0.190. The highest BCUT2D eigenvalue weighted by molar-refractivity contribution is 9.10. The van der Waals surface area contributed by atoms with E-state index < -0.39 is 10.8 Å². The van der Waals surface area contributed by atoms with Gasteiger partial charge in [0.2, 0.25) is 5.69 Å². The number of nitrogens with one attached hydrogen (secondary N) is 1. The normalized spacial score (nSPS) is 11.2. The number of halogens is 1. The van der Waals surface area contributed by atoms with Crippen LogP contribution in [-0.2, 0) is 6.54 Å². The zero-order chi connectivity index (χ0) is 21.7. The van der Waals surface area contributed by atoms with Crippen LogP contribution in [0.3, 0.4) is 0 Å². The molecular formula is C21H20BrN5O3. The van der Waals surface area contributed by atoms with Crippen LogP contribution in [0.1, 0.15) is 46.9 Å². The molecule has 3 rings (SSSR count). The summed E-state index contributed by atoms with van der Waals surface area (Å²) in [4.78, 5) is 23.1. The van der Waals surface area contributed by atoms with Crippen molar-refractivity contribution in [1.82, 2.24) is 15.2 Å². The number of rotatable bonds is 7. The Morgan fingerprint density at radius 3 is 2.67 bits per heavy atom. The molecule has 0 spiro atoms. The third-order valence-corrected chi connectivity index (χ3v) is 4.86. The minimum absolute atomic E-state index is 0.290. The molecule has 0 unspecified atom stereocenters. The number of carbonyl (C=O) groups is 1. The van der Waals surface area contributed by atoms with Crippen LogP contribution < -0.4 is 5.43 Å². The van der Waals surface area contributed by atoms with Crippen molar-refractivity contribution >= 4 is 33.7 Å². The van der Waals surface area contributed by atoms with Gasteiger partial charge in [0, 0.05) is 4.47 Å². The van der Waals surface area contributed by atoms with Gasteiger partial charge >= 0.3 is 5.69 Å². The van der Waals surface area contributed by atoms with E-state index >= 15 is 0 Å². The number of aromatic nitrogens is 2. The van der Waals surface area contributed by atoms with Gasteiger partial charge in [-0.1, -0.05) is 66.2 Å². The van der Waals surface area contributed by atoms with Gasteiger partial charge in [0.25, 0.3) is 5.91 Å². The summed E-state index contributed by atoms with van der Waals surface area (Å²) in [6.07, 6.45) is 2.72. The lowest BCUT2D eigenvalue weighted by molar-refractivity contribution is -0.385. The van der Waals surface area contributed by atoms with Crippen LogP contribution in [0.5, 0.6) is 0 Å². The molecule has 0 bridgehead atoms. The maximum Gasteiger partial charge on any atom is 0.320 e. The highest BCUT2D eigenvalue weighted by Crippen LogP contribution is 2.19. The van der Waals surface area contributed by atoms with E-state index in [-0.39, 0.29) is 11.4 Å². The molecule has 30 heavy (non-hydrogen) atoms. The molecule has 0 aliphatic heterocycles. The van der Waals surface area contributed by atoms with E-state index in [0.717, 1.165) is 15.6 Å². The molecule has 1 heterocycles. The average Bonchev–Trinajstić information content (AvgIpc) is 3.12. The molecule has 0 atom stereocenters. The second kappa shape index (κ2) is 9.45. The van der Waals surface area contributed by atoms with E-state index in [4.69, 9.17) is 0 Å². The van der Waals surface area contributed by atoms with Crippen molar-refractivity contribution in [2.24, 2.45) is 5.10 Å². The fourth-order valence-corrected chi connectivity index (χ4v) is 3.24. The molecule has 0 aliphatic carbocycles. The molecule has 9 heteroatoms. The van der Waals surface area contributed by atoms with Gasteiger partial charge in [-0.15, -0.1) is 0 Å². The van der Waals surface area contributed by atoms with Crippen LogP contribution >= 0.6 is 15.9 Å². The molecule has 1 aromatic heterocycles. The Balaban J connectivity index is 1.72. The van der Waals surface area contributed by atoms with Crippen LogP contribution in [0.15, 0.2) is 64.3 Å². The number of nitro groups is 1. The van der Waals surface area contributed by atoms with Gasteiger partial charge in [0.1, 0.15) is 6.20 Å². The molecule has 3 aromatic rings. The summed E-state index contributed by atoms with van der Waals surface area (Å²) in [5.74, 6) is -0.326. The molecule has 154 valence electrons. The minimum Gasteiger partial charge on any atom is -0.265 e. The summed E-state index contributed by atoms with van der Waals surface area (Å²) in [5, 5.41) is 19.3. The van der Waals surface area contributed by atoms with Gasteiger partial charge in [-0.05, 0) is 34.7 Å². The number of hydrogen-bond donors (Lipinski definition) is 1. The van der Waals surface area contributed by atoms with Gasteiger partial charge in [-0.2, -0.15) is 10.2 Å². The Hall–Kier alpha value is -3.33. The van der Waals surface area contributed by atoms with Crippen LogP contribution in [-0.4, -0.2) is 26.8 Å². The highest BCUT2D eigenvalue weighted by atomic mass is 79.9. The number of carbonyl (C=O) groups excluding carboxylic acids is 1. The Morgan fingerprint density at radius 1 is 1.30 bits per heavy atom. The molecular weight excluding hydrogens is 450 g/mol. The monoisotopic (exact) mass is 469 g/mol. The Bertz CT molecular complexity index is 1090. The first-order chi connectivity index (χ1) is 14.3. The predicted octanol–water partition coefficient (Wildman–Crippen LogP) is 4.49. The number of nitrogens with zero attached hydrogens (tertiary/aromatic N) is 4. The smallest absolute Gasteiger partial charge is 0.265 e. The largest absolute Gasteiger partial charge is 0.320 e. The lowest BCUT2D eigenvalue weighted by Crippen LogP contribution is -2.19. The van der Waals surface area contributed by atoms with Gasteiger partial charge in [-0.25, -0.2) is 5.43 Å². The van der Waals surface area contributed by atoms with Crippen LogP contribution in [0.4, 0.5) is 5.69 Å². The van der Waals surface area contributed by atoms with Crippen molar-refractivity contribution in [3.63, 3.8) is 0 Å². The summed E-state index contributed by atoms with van der Waals surface area (Å²) in [5.41, 5.74) is 4.53. The van der Waals surface area contributed by atoms with E-state index in [9.17, 15) is 14.9 Å². The molecule has 2 aromatic carbocycles. The predicted molar refractivity (Wildman–Crippen MR) is 118 cm³/mol. The molecule has 1 N–H and O–H groups in total. The molecule has 0 saturated carbocycles. The standard InChI is InChI=1S/C21H20BrN5O3/c1-14(2)17-8-6-15(7-9-17)11-23-24-21(28)20-19(27(29)30)13-26(25-20)12-16-4-3-5-18(22)10-16/h3-11,13-14H,12H2,1-2H3,(H,24,28)/b23-11-. The van der Waals surface area contributed by atoms with Crippen molar-refractivity contribution in [1.29, 1.82) is 0 Å². The number of hydrogen-bond acceptors (Lipinski definition) is 5. The second-order valence-corrected chi connectivity index (χ2v) is 7.88. The Kier molecular flexibility index (Phi) is 6.73. The highest BCUT2D eigenvalue weighted by Gasteiger charge is 2.25. The summed E-state index contributed by atoms with van der Waals surface area (Å²) in [6.45, 7) is 4.50. The molecule has 8 nitrogen and oxygen atoms in total. The summed E-state index contributed by atoms with van der Waals surface area (Å²) in [6, 6.07) is 15.2. The van der Waals surface area contributed by atoms with Gasteiger partial charge in [0.15, 0.2) is 0 Å². The van der Waals surface area contributed by atoms with E-state index in [2.05, 4.69) is 45.4 Å². The van der Waals surface area contributed by atoms with E-state index in [1.165, 1.54) is 22.7 Å². The van der Waals surface area contributed by atoms with Gasteiger partial charge in [0.05, 0.1) is 17.7 Å². The first kappa shape index (κ1) is 21.4. The molecule has 1 amide bonds. The lowest BCUT2D eigenvalue weighted by atomic mass is 10.0. The fourth-order valence-electron chi connectivity index (χ4n) is 2.79. The maximum absolute atomic E-state index is 12.4. The van der Waals surface area contributed by atoms with Crippen molar-refractivity contribution in [3.05, 3.63) is 91.7 Å². The number of amides is 1. The minimum atomic E-state index is -0.746. The summed E-state index contributed by atoms with van der Waals surface area (Å²) in [7, 11) is 0. The number of hydrazone groups is 1.